The third-order valence-electron chi connectivity index (χ3n) is 5.83. The summed E-state index contributed by atoms with van der Waals surface area (Å²) in [5.74, 6) is 1.03. The van der Waals surface area contributed by atoms with E-state index in [1.54, 1.807) is 17.5 Å². The number of piperazine rings is 1. The normalized spacial score (nSPS) is 14.6. The van der Waals surface area contributed by atoms with Gasteiger partial charge < -0.3 is 14.8 Å². The van der Waals surface area contributed by atoms with Crippen LogP contribution in [0.4, 0.5) is 5.82 Å². The molecule has 1 fully saturated rings. The number of aromatic nitrogens is 4. The lowest BCUT2D eigenvalue weighted by molar-refractivity contribution is 0.0746. The smallest absolute Gasteiger partial charge is 0.254 e. The first-order valence-corrected chi connectivity index (χ1v) is 11.1. The molecule has 0 saturated carbocycles. The van der Waals surface area contributed by atoms with E-state index in [1.165, 1.54) is 0 Å². The number of carbonyl (C=O) groups is 1. The molecule has 6 rings (SSSR count). The highest BCUT2D eigenvalue weighted by atomic mass is 32.1. The highest BCUT2D eigenvalue weighted by Crippen LogP contribution is 2.32. The van der Waals surface area contributed by atoms with Gasteiger partial charge in [0.05, 0.1) is 15.9 Å². The second-order valence-electron chi connectivity index (χ2n) is 7.69. The Balaban J connectivity index is 1.22. The Kier molecular flexibility index (Phi) is 4.24. The van der Waals surface area contributed by atoms with Crippen LogP contribution in [-0.4, -0.2) is 57.2 Å². The van der Waals surface area contributed by atoms with E-state index in [0.29, 0.717) is 18.7 Å². The number of carbonyl (C=O) groups excluding carboxylic acids is 1. The molecule has 1 amide bonds. The number of nitrogens with zero attached hydrogens (tertiary/aromatic N) is 4. The van der Waals surface area contributed by atoms with Gasteiger partial charge >= 0.3 is 0 Å². The van der Waals surface area contributed by atoms with E-state index in [2.05, 4.69) is 36.5 Å². The van der Waals surface area contributed by atoms with Gasteiger partial charge in [0.1, 0.15) is 11.5 Å². The summed E-state index contributed by atoms with van der Waals surface area (Å²) >= 11 is 1.67. The molecule has 154 valence electrons. The minimum absolute atomic E-state index is 0.0686. The van der Waals surface area contributed by atoms with Crippen molar-refractivity contribution in [3.8, 4) is 11.4 Å². The van der Waals surface area contributed by atoms with Crippen molar-refractivity contribution >= 4 is 44.2 Å². The van der Waals surface area contributed by atoms with Gasteiger partial charge in [0, 0.05) is 48.8 Å². The van der Waals surface area contributed by atoms with Crippen molar-refractivity contribution < 1.29 is 4.79 Å². The highest BCUT2D eigenvalue weighted by Gasteiger charge is 2.23. The molecule has 2 N–H and O–H groups in total. The number of amides is 1. The molecular formula is C23H20N6OS. The third kappa shape index (κ3) is 3.16. The standard InChI is InChI=1S/C23H20N6OS/c30-23(29-10-8-28(9-11-29)20-3-1-2-7-24-20)16-5-4-15-13-19(25-18(15)14-16)21-22-17(26-27-21)6-12-31-22/h1-7,12-14,25H,8-11H2,(H,26,27). The molecule has 5 aromatic rings. The molecule has 0 radical (unpaired) electrons. The number of thiophene rings is 1. The maximum atomic E-state index is 13.1. The third-order valence-corrected chi connectivity index (χ3v) is 6.75. The molecule has 5 heterocycles. The summed E-state index contributed by atoms with van der Waals surface area (Å²) in [5.41, 5.74) is 4.56. The molecule has 7 nitrogen and oxygen atoms in total. The zero-order valence-corrected chi connectivity index (χ0v) is 17.5. The van der Waals surface area contributed by atoms with Gasteiger partial charge in [0.15, 0.2) is 0 Å². The van der Waals surface area contributed by atoms with Crippen LogP contribution in [0.15, 0.2) is 60.1 Å². The maximum Gasteiger partial charge on any atom is 0.254 e. The number of hydrogen-bond acceptors (Lipinski definition) is 5. The number of benzene rings is 1. The molecule has 1 aliphatic heterocycles. The van der Waals surface area contributed by atoms with Crippen molar-refractivity contribution in [3.05, 3.63) is 65.7 Å². The quantitative estimate of drug-likeness (QED) is 0.453. The fourth-order valence-electron chi connectivity index (χ4n) is 4.18. The molecule has 0 unspecified atom stereocenters. The number of hydrogen-bond donors (Lipinski definition) is 2. The monoisotopic (exact) mass is 428 g/mol. The SMILES string of the molecule is O=C(c1ccc2cc(-c3n[nH]c4ccsc34)[nH]c2c1)N1CCN(c2ccccn2)CC1. The Morgan fingerprint density at radius 3 is 2.74 bits per heavy atom. The van der Waals surface area contributed by atoms with Crippen molar-refractivity contribution in [1.29, 1.82) is 0 Å². The fourth-order valence-corrected chi connectivity index (χ4v) is 5.03. The van der Waals surface area contributed by atoms with Crippen LogP contribution in [0, 0.1) is 0 Å². The molecular weight excluding hydrogens is 408 g/mol. The van der Waals surface area contributed by atoms with E-state index in [1.807, 2.05) is 47.4 Å². The van der Waals surface area contributed by atoms with Gasteiger partial charge in [-0.15, -0.1) is 11.3 Å². The van der Waals surface area contributed by atoms with Gasteiger partial charge in [-0.1, -0.05) is 12.1 Å². The largest absolute Gasteiger partial charge is 0.353 e. The van der Waals surface area contributed by atoms with E-state index in [-0.39, 0.29) is 5.91 Å². The molecule has 4 aromatic heterocycles. The zero-order chi connectivity index (χ0) is 20.8. The number of anilines is 1. The average molecular weight is 429 g/mol. The first-order chi connectivity index (χ1) is 15.3. The maximum absolute atomic E-state index is 13.1. The Morgan fingerprint density at radius 2 is 1.90 bits per heavy atom. The van der Waals surface area contributed by atoms with Gasteiger partial charge in [-0.25, -0.2) is 4.98 Å². The van der Waals surface area contributed by atoms with E-state index in [0.717, 1.165) is 51.4 Å². The lowest BCUT2D eigenvalue weighted by Gasteiger charge is -2.35. The predicted octanol–water partition coefficient (Wildman–Crippen LogP) is 4.13. The minimum atomic E-state index is 0.0686. The number of aromatic amines is 2. The van der Waals surface area contributed by atoms with Crippen molar-refractivity contribution in [1.82, 2.24) is 25.1 Å². The topological polar surface area (TPSA) is 80.9 Å². The molecule has 31 heavy (non-hydrogen) atoms. The first kappa shape index (κ1) is 18.1. The number of fused-ring (bicyclic) bond motifs is 2. The van der Waals surface area contributed by atoms with E-state index in [4.69, 9.17) is 0 Å². The Labute approximate surface area is 182 Å². The summed E-state index contributed by atoms with van der Waals surface area (Å²) < 4.78 is 1.13. The van der Waals surface area contributed by atoms with Crippen LogP contribution in [0.3, 0.4) is 0 Å². The number of nitrogens with one attached hydrogen (secondary N) is 2. The van der Waals surface area contributed by atoms with Crippen LogP contribution in [0.5, 0.6) is 0 Å². The van der Waals surface area contributed by atoms with Crippen LogP contribution in [0.25, 0.3) is 32.5 Å². The van der Waals surface area contributed by atoms with Crippen LogP contribution in [0.1, 0.15) is 10.4 Å². The summed E-state index contributed by atoms with van der Waals surface area (Å²) in [7, 11) is 0. The summed E-state index contributed by atoms with van der Waals surface area (Å²) in [6.45, 7) is 2.95. The Bertz CT molecular complexity index is 1380. The van der Waals surface area contributed by atoms with Gasteiger partial charge in [0.2, 0.25) is 0 Å². The fraction of sp³-hybridized carbons (Fsp3) is 0.174. The zero-order valence-electron chi connectivity index (χ0n) is 16.7. The average Bonchev–Trinajstić information content (AvgIpc) is 3.54. The van der Waals surface area contributed by atoms with Crippen molar-refractivity contribution in [3.63, 3.8) is 0 Å². The molecule has 0 spiro atoms. The van der Waals surface area contributed by atoms with Gasteiger partial charge in [-0.3, -0.25) is 9.89 Å². The van der Waals surface area contributed by atoms with E-state index >= 15 is 0 Å². The second kappa shape index (κ2) is 7.24. The van der Waals surface area contributed by atoms with Gasteiger partial charge in [-0.2, -0.15) is 5.10 Å². The lowest BCUT2D eigenvalue weighted by Crippen LogP contribution is -2.49. The summed E-state index contributed by atoms with van der Waals surface area (Å²) in [5, 5.41) is 10.6. The molecule has 0 atom stereocenters. The van der Waals surface area contributed by atoms with E-state index < -0.39 is 0 Å². The number of H-pyrrole nitrogens is 2. The minimum Gasteiger partial charge on any atom is -0.353 e. The lowest BCUT2D eigenvalue weighted by atomic mass is 10.1. The molecule has 1 saturated heterocycles. The molecule has 0 bridgehead atoms. The summed E-state index contributed by atoms with van der Waals surface area (Å²) in [6, 6.07) is 15.9. The second-order valence-corrected chi connectivity index (χ2v) is 8.60. The Hall–Kier alpha value is -3.65. The molecule has 0 aliphatic carbocycles. The van der Waals surface area contributed by atoms with Crippen molar-refractivity contribution in [2.24, 2.45) is 0 Å². The predicted molar refractivity (Wildman–Crippen MR) is 124 cm³/mol. The van der Waals surface area contributed by atoms with Crippen LogP contribution in [0.2, 0.25) is 0 Å². The van der Waals surface area contributed by atoms with Crippen molar-refractivity contribution in [2.75, 3.05) is 31.1 Å². The Morgan fingerprint density at radius 1 is 1.00 bits per heavy atom. The molecule has 8 heteroatoms. The van der Waals surface area contributed by atoms with Crippen LogP contribution >= 0.6 is 11.3 Å². The summed E-state index contributed by atoms with van der Waals surface area (Å²) in [6.07, 6.45) is 1.80. The van der Waals surface area contributed by atoms with Crippen LogP contribution in [-0.2, 0) is 0 Å². The van der Waals surface area contributed by atoms with Gasteiger partial charge in [0.25, 0.3) is 5.91 Å². The van der Waals surface area contributed by atoms with Crippen molar-refractivity contribution in [2.45, 2.75) is 0 Å². The van der Waals surface area contributed by atoms with Crippen LogP contribution < -0.4 is 4.90 Å². The summed E-state index contributed by atoms with van der Waals surface area (Å²) in [4.78, 5) is 25.1. The number of rotatable bonds is 3. The highest BCUT2D eigenvalue weighted by molar-refractivity contribution is 7.17. The number of pyridine rings is 1. The molecule has 1 aromatic carbocycles. The van der Waals surface area contributed by atoms with Gasteiger partial charge in [-0.05, 0) is 41.8 Å². The van der Waals surface area contributed by atoms with E-state index in [9.17, 15) is 4.79 Å². The first-order valence-electron chi connectivity index (χ1n) is 10.3. The molecule has 1 aliphatic rings.